The number of ether oxygens (including phenoxy) is 3. The number of H-pyrrole nitrogens is 1. The normalized spacial score (nSPS) is 16.4. The van der Waals surface area contributed by atoms with E-state index in [0.29, 0.717) is 47.3 Å². The highest BCUT2D eigenvalue weighted by molar-refractivity contribution is 5.94. The lowest BCUT2D eigenvalue weighted by molar-refractivity contribution is 0.0954. The number of tetrazole rings is 1. The van der Waals surface area contributed by atoms with Gasteiger partial charge in [0.1, 0.15) is 6.04 Å². The van der Waals surface area contributed by atoms with E-state index in [2.05, 4.69) is 35.7 Å². The molecule has 0 saturated carbocycles. The zero-order valence-electron chi connectivity index (χ0n) is 20.5. The van der Waals surface area contributed by atoms with Crippen LogP contribution in [0.15, 0.2) is 42.9 Å². The minimum Gasteiger partial charge on any atom is -0.492 e. The number of amides is 1. The Hall–Kier alpha value is -4.45. The molecule has 0 spiro atoms. The van der Waals surface area contributed by atoms with Gasteiger partial charge in [0.05, 0.1) is 19.1 Å². The third-order valence-corrected chi connectivity index (χ3v) is 6.72. The van der Waals surface area contributed by atoms with Crippen molar-refractivity contribution >= 4 is 5.91 Å². The number of aromatic amines is 1. The molecule has 1 amide bonds. The molecule has 4 aromatic rings. The van der Waals surface area contributed by atoms with Crippen molar-refractivity contribution in [1.82, 2.24) is 40.4 Å². The first-order valence-electron chi connectivity index (χ1n) is 12.0. The molecule has 1 atom stereocenters. The van der Waals surface area contributed by atoms with Gasteiger partial charge >= 0.3 is 0 Å². The molecular weight excluding hydrogens is 476 g/mol. The third kappa shape index (κ3) is 4.14. The summed E-state index contributed by atoms with van der Waals surface area (Å²) in [7, 11) is 3.65. The number of carbonyl (C=O) groups excluding carboxylic acids is 1. The molecule has 2 aromatic heterocycles. The van der Waals surface area contributed by atoms with Crippen molar-refractivity contribution in [2.75, 3.05) is 34.0 Å². The molecule has 2 aliphatic rings. The van der Waals surface area contributed by atoms with Crippen molar-refractivity contribution in [2.45, 2.75) is 18.9 Å². The Labute approximate surface area is 212 Å². The lowest BCUT2D eigenvalue weighted by Gasteiger charge is -2.34. The summed E-state index contributed by atoms with van der Waals surface area (Å²) in [6, 6.07) is 8.97. The molecule has 2 N–H and O–H groups in total. The number of hydrogen-bond acceptors (Lipinski definition) is 9. The molecule has 2 aromatic carbocycles. The van der Waals surface area contributed by atoms with E-state index in [1.807, 2.05) is 25.2 Å². The molecule has 0 bridgehead atoms. The first kappa shape index (κ1) is 23.0. The van der Waals surface area contributed by atoms with E-state index < -0.39 is 0 Å². The van der Waals surface area contributed by atoms with Crippen molar-refractivity contribution < 1.29 is 19.0 Å². The van der Waals surface area contributed by atoms with Gasteiger partial charge in [-0.2, -0.15) is 4.68 Å². The molecule has 0 saturated heterocycles. The van der Waals surface area contributed by atoms with Crippen LogP contribution in [0.4, 0.5) is 0 Å². The molecular formula is C25H26N8O4. The van der Waals surface area contributed by atoms with Gasteiger partial charge in [-0.25, -0.2) is 4.98 Å². The van der Waals surface area contributed by atoms with Gasteiger partial charge in [-0.05, 0) is 53.7 Å². The quantitative estimate of drug-likeness (QED) is 0.387. The van der Waals surface area contributed by atoms with Crippen LogP contribution in [-0.4, -0.2) is 75.0 Å². The average molecular weight is 503 g/mol. The molecule has 0 radical (unpaired) electrons. The number of carbonyl (C=O) groups is 1. The fraction of sp³-hybridized carbons (Fsp3) is 0.320. The van der Waals surface area contributed by atoms with E-state index in [0.717, 1.165) is 29.8 Å². The molecule has 12 heteroatoms. The number of nitrogens with one attached hydrogen (secondary N) is 2. The van der Waals surface area contributed by atoms with Crippen LogP contribution in [0, 0.1) is 0 Å². The van der Waals surface area contributed by atoms with Crippen LogP contribution in [0.25, 0.3) is 5.69 Å². The standard InChI is InChI=1S/C25H26N8O4/c1-32-9-7-15-11-19-22(37-14-36-19)23(35-2)20(15)21(32)24-29-30-31-33(24)18-5-3-4-16(10-18)25(34)27-8-6-17-12-26-13-28-17/h3-5,10-13,21H,6-9,14H2,1-2H3,(H,26,28)(H,27,34)/t21-/m0/s1. The molecule has 0 aliphatic carbocycles. The smallest absolute Gasteiger partial charge is 0.251 e. The maximum absolute atomic E-state index is 12.8. The number of nitrogens with zero attached hydrogens (tertiary/aromatic N) is 6. The summed E-state index contributed by atoms with van der Waals surface area (Å²) < 4.78 is 18.9. The van der Waals surface area contributed by atoms with Crippen LogP contribution in [-0.2, 0) is 12.8 Å². The predicted octanol–water partition coefficient (Wildman–Crippen LogP) is 1.67. The van der Waals surface area contributed by atoms with Gasteiger partial charge in [0.2, 0.25) is 12.5 Å². The SMILES string of the molecule is COc1c2c(cc3c1[C@@H](c1nnnn1-c1cccc(C(=O)NCCc4cnc[nH]4)c1)N(C)CC3)OCO2. The van der Waals surface area contributed by atoms with E-state index in [9.17, 15) is 4.79 Å². The number of benzene rings is 2. The maximum Gasteiger partial charge on any atom is 0.251 e. The second-order valence-electron chi connectivity index (χ2n) is 8.93. The van der Waals surface area contributed by atoms with E-state index in [4.69, 9.17) is 14.2 Å². The van der Waals surface area contributed by atoms with E-state index in [-0.39, 0.29) is 18.7 Å². The van der Waals surface area contributed by atoms with Gasteiger partial charge in [0.15, 0.2) is 17.3 Å². The fourth-order valence-electron chi connectivity index (χ4n) is 4.92. The first-order valence-corrected chi connectivity index (χ1v) is 12.0. The first-order chi connectivity index (χ1) is 18.1. The summed E-state index contributed by atoms with van der Waals surface area (Å²) in [5, 5.41) is 15.6. The molecule has 190 valence electrons. The largest absolute Gasteiger partial charge is 0.492 e. The van der Waals surface area contributed by atoms with Crippen LogP contribution >= 0.6 is 0 Å². The van der Waals surface area contributed by atoms with Crippen LogP contribution < -0.4 is 19.5 Å². The van der Waals surface area contributed by atoms with Gasteiger partial charge in [0.25, 0.3) is 5.91 Å². The monoisotopic (exact) mass is 502 g/mol. The Morgan fingerprint density at radius 1 is 1.30 bits per heavy atom. The minimum atomic E-state index is -0.296. The molecule has 37 heavy (non-hydrogen) atoms. The number of rotatable bonds is 7. The topological polar surface area (TPSA) is 132 Å². The highest BCUT2D eigenvalue weighted by atomic mass is 16.7. The summed E-state index contributed by atoms with van der Waals surface area (Å²) in [4.78, 5) is 22.1. The third-order valence-electron chi connectivity index (χ3n) is 6.72. The summed E-state index contributed by atoms with van der Waals surface area (Å²) in [5.41, 5.74) is 4.21. The number of hydrogen-bond donors (Lipinski definition) is 2. The Kier molecular flexibility index (Phi) is 5.93. The van der Waals surface area contributed by atoms with Crippen LogP contribution in [0.1, 0.15) is 39.0 Å². The Morgan fingerprint density at radius 2 is 2.22 bits per heavy atom. The number of methoxy groups -OCH3 is 1. The van der Waals surface area contributed by atoms with Crippen molar-refractivity contribution in [1.29, 1.82) is 0 Å². The molecule has 0 fully saturated rings. The van der Waals surface area contributed by atoms with Gasteiger partial charge in [-0.15, -0.1) is 5.10 Å². The fourth-order valence-corrected chi connectivity index (χ4v) is 4.92. The number of imidazole rings is 1. The van der Waals surface area contributed by atoms with E-state index >= 15 is 0 Å². The highest BCUT2D eigenvalue weighted by Gasteiger charge is 2.37. The Morgan fingerprint density at radius 3 is 3.05 bits per heavy atom. The zero-order valence-corrected chi connectivity index (χ0v) is 20.5. The van der Waals surface area contributed by atoms with E-state index in [1.165, 1.54) is 0 Å². The second-order valence-corrected chi connectivity index (χ2v) is 8.93. The second kappa shape index (κ2) is 9.54. The number of aromatic nitrogens is 6. The minimum absolute atomic E-state index is 0.156. The van der Waals surface area contributed by atoms with Gasteiger partial charge < -0.3 is 24.5 Å². The summed E-state index contributed by atoms with van der Waals surface area (Å²) >= 11 is 0. The highest BCUT2D eigenvalue weighted by Crippen LogP contribution is 2.50. The van der Waals surface area contributed by atoms with Gasteiger partial charge in [-0.3, -0.25) is 9.69 Å². The Bertz CT molecular complexity index is 1430. The van der Waals surface area contributed by atoms with Crippen molar-refractivity contribution in [3.8, 4) is 22.9 Å². The number of likely N-dealkylation sites (N-methyl/N-ethyl adjacent to an activating group) is 1. The van der Waals surface area contributed by atoms with Crippen LogP contribution in [0.5, 0.6) is 17.2 Å². The summed E-state index contributed by atoms with van der Waals surface area (Å²) in [5.74, 6) is 2.34. The zero-order chi connectivity index (χ0) is 25.4. The van der Waals surface area contributed by atoms with Gasteiger partial charge in [0, 0.05) is 42.5 Å². The van der Waals surface area contributed by atoms with Crippen LogP contribution in [0.2, 0.25) is 0 Å². The van der Waals surface area contributed by atoms with Crippen molar-refractivity contribution in [3.63, 3.8) is 0 Å². The summed E-state index contributed by atoms with van der Waals surface area (Å²) in [6.45, 7) is 1.44. The molecule has 4 heterocycles. The lowest BCUT2D eigenvalue weighted by atomic mass is 9.90. The predicted molar refractivity (Wildman–Crippen MR) is 131 cm³/mol. The van der Waals surface area contributed by atoms with E-state index in [1.54, 1.807) is 36.4 Å². The molecule has 12 nitrogen and oxygen atoms in total. The van der Waals surface area contributed by atoms with Crippen molar-refractivity contribution in [3.05, 3.63) is 71.1 Å². The Balaban J connectivity index is 1.32. The van der Waals surface area contributed by atoms with Crippen molar-refractivity contribution in [2.24, 2.45) is 0 Å². The molecule has 2 aliphatic heterocycles. The molecule has 6 rings (SSSR count). The molecule has 0 unspecified atom stereocenters. The number of fused-ring (bicyclic) bond motifs is 2. The van der Waals surface area contributed by atoms with Crippen LogP contribution in [0.3, 0.4) is 0 Å². The maximum atomic E-state index is 12.8. The average Bonchev–Trinajstić information content (AvgIpc) is 3.69. The lowest BCUT2D eigenvalue weighted by Crippen LogP contribution is -2.35. The summed E-state index contributed by atoms with van der Waals surface area (Å²) in [6.07, 6.45) is 4.85. The van der Waals surface area contributed by atoms with Gasteiger partial charge in [-0.1, -0.05) is 6.07 Å².